The van der Waals surface area contributed by atoms with Gasteiger partial charge in [-0.15, -0.1) is 0 Å². The van der Waals surface area contributed by atoms with Crippen molar-refractivity contribution in [1.82, 2.24) is 8.61 Å². The van der Waals surface area contributed by atoms with Crippen LogP contribution in [0.2, 0.25) is 0 Å². The number of nitrogens with zero attached hydrogens (tertiary/aromatic N) is 2. The van der Waals surface area contributed by atoms with Crippen LogP contribution in [-0.4, -0.2) is 55.9 Å². The first-order valence-corrected chi connectivity index (χ1v) is 7.19. The summed E-state index contributed by atoms with van der Waals surface area (Å²) >= 11 is 0. The molecule has 0 aliphatic carbocycles. The first kappa shape index (κ1) is 16.4. The average molecular weight is 302 g/mol. The Kier molecular flexibility index (Phi) is 5.49. The predicted octanol–water partition coefficient (Wildman–Crippen LogP) is 0.388. The van der Waals surface area contributed by atoms with E-state index in [1.807, 2.05) is 0 Å². The number of carboxylic acid groups (broad SMARTS) is 1. The Morgan fingerprint density at radius 2 is 1.95 bits per heavy atom. The summed E-state index contributed by atoms with van der Waals surface area (Å²) in [7, 11) is 0.345. The van der Waals surface area contributed by atoms with E-state index >= 15 is 0 Å². The summed E-state index contributed by atoms with van der Waals surface area (Å²) < 4.78 is 31.1. The molecular weight excluding hydrogens is 284 g/mol. The van der Waals surface area contributed by atoms with Crippen molar-refractivity contribution in [3.05, 3.63) is 29.8 Å². The molecule has 0 aliphatic rings. The van der Waals surface area contributed by atoms with Crippen LogP contribution in [0.25, 0.3) is 0 Å². The van der Waals surface area contributed by atoms with Crippen molar-refractivity contribution in [3.63, 3.8) is 0 Å². The molecule has 0 amide bonds. The summed E-state index contributed by atoms with van der Waals surface area (Å²) in [6, 6.07) is 7.01. The van der Waals surface area contributed by atoms with Gasteiger partial charge in [0, 0.05) is 20.6 Å². The Bertz CT molecular complexity index is 573. The minimum Gasteiger partial charge on any atom is -0.497 e. The van der Waals surface area contributed by atoms with Crippen LogP contribution in [0.4, 0.5) is 0 Å². The number of carboxylic acids is 1. The van der Waals surface area contributed by atoms with E-state index in [2.05, 4.69) is 0 Å². The minimum absolute atomic E-state index is 0.128. The number of likely N-dealkylation sites (N-methyl/N-ethyl adjacent to an activating group) is 1. The smallest absolute Gasteiger partial charge is 0.318 e. The summed E-state index contributed by atoms with van der Waals surface area (Å²) in [6.07, 6.45) is 0. The number of benzene rings is 1. The van der Waals surface area contributed by atoms with Crippen molar-refractivity contribution in [3.8, 4) is 5.75 Å². The minimum atomic E-state index is -3.81. The molecule has 7 nitrogen and oxygen atoms in total. The van der Waals surface area contributed by atoms with Crippen molar-refractivity contribution in [2.75, 3.05) is 27.7 Å². The molecule has 0 fully saturated rings. The number of ether oxygens (including phenoxy) is 1. The third-order valence-electron chi connectivity index (χ3n) is 2.69. The fraction of sp³-hybridized carbons (Fsp3) is 0.417. The molecule has 1 aromatic rings. The Hall–Kier alpha value is -1.64. The number of methoxy groups -OCH3 is 1. The zero-order valence-corrected chi connectivity index (χ0v) is 12.4. The van der Waals surface area contributed by atoms with E-state index < -0.39 is 22.7 Å². The monoisotopic (exact) mass is 302 g/mol. The quantitative estimate of drug-likeness (QED) is 0.787. The van der Waals surface area contributed by atoms with E-state index in [0.29, 0.717) is 5.75 Å². The number of carbonyl (C=O) groups is 1. The van der Waals surface area contributed by atoms with Crippen molar-refractivity contribution >= 4 is 16.2 Å². The summed E-state index contributed by atoms with van der Waals surface area (Å²) in [5.41, 5.74) is 0.749. The lowest BCUT2D eigenvalue weighted by atomic mass is 10.2. The molecule has 0 heterocycles. The standard InChI is InChI=1S/C12H18N2O5S/c1-13(20(17,18)14(2)9-12(15)16)8-10-5-4-6-11(7-10)19-3/h4-7H,8-9H2,1-3H3,(H,15,16). The highest BCUT2D eigenvalue weighted by Crippen LogP contribution is 2.15. The zero-order chi connectivity index (χ0) is 15.3. The molecule has 0 saturated carbocycles. The van der Waals surface area contributed by atoms with Gasteiger partial charge in [0.15, 0.2) is 0 Å². The maximum atomic E-state index is 12.1. The summed E-state index contributed by atoms with van der Waals surface area (Å²) in [4.78, 5) is 10.6. The zero-order valence-electron chi connectivity index (χ0n) is 11.6. The van der Waals surface area contributed by atoms with Crippen molar-refractivity contribution in [2.45, 2.75) is 6.54 Å². The molecule has 1 N–H and O–H groups in total. The summed E-state index contributed by atoms with van der Waals surface area (Å²) in [5.74, 6) is -0.571. The van der Waals surface area contributed by atoms with Crippen LogP contribution in [0, 0.1) is 0 Å². The van der Waals surface area contributed by atoms with Gasteiger partial charge in [-0.1, -0.05) is 12.1 Å². The second kappa shape index (κ2) is 6.69. The SMILES string of the molecule is COc1cccc(CN(C)S(=O)(=O)N(C)CC(=O)O)c1. The lowest BCUT2D eigenvalue weighted by Crippen LogP contribution is -2.41. The third-order valence-corrected chi connectivity index (χ3v) is 4.52. The maximum Gasteiger partial charge on any atom is 0.318 e. The van der Waals surface area contributed by atoms with E-state index in [9.17, 15) is 13.2 Å². The van der Waals surface area contributed by atoms with E-state index in [-0.39, 0.29) is 6.54 Å². The highest BCUT2D eigenvalue weighted by Gasteiger charge is 2.25. The highest BCUT2D eigenvalue weighted by atomic mass is 32.2. The molecule has 0 unspecified atom stereocenters. The van der Waals surface area contributed by atoms with Crippen molar-refractivity contribution in [2.24, 2.45) is 0 Å². The van der Waals surface area contributed by atoms with Crippen LogP contribution in [0.5, 0.6) is 5.75 Å². The van der Waals surface area contributed by atoms with E-state index in [1.165, 1.54) is 21.2 Å². The Labute approximate surface area is 118 Å². The molecule has 1 aromatic carbocycles. The van der Waals surface area contributed by atoms with Gasteiger partial charge in [0.05, 0.1) is 7.11 Å². The van der Waals surface area contributed by atoms with Gasteiger partial charge in [0.25, 0.3) is 10.2 Å². The second-order valence-electron chi connectivity index (χ2n) is 4.27. The predicted molar refractivity (Wildman–Crippen MR) is 73.6 cm³/mol. The first-order valence-electron chi connectivity index (χ1n) is 5.79. The number of aliphatic carboxylic acids is 1. The van der Waals surface area contributed by atoms with Gasteiger partial charge in [0.1, 0.15) is 12.3 Å². The van der Waals surface area contributed by atoms with Crippen LogP contribution in [0.15, 0.2) is 24.3 Å². The van der Waals surface area contributed by atoms with Gasteiger partial charge < -0.3 is 9.84 Å². The van der Waals surface area contributed by atoms with Gasteiger partial charge in [-0.25, -0.2) is 0 Å². The topological polar surface area (TPSA) is 87.2 Å². The molecule has 1 rings (SSSR count). The maximum absolute atomic E-state index is 12.1. The molecule has 0 aromatic heterocycles. The molecule has 112 valence electrons. The normalized spacial score (nSPS) is 11.8. The third kappa shape index (κ3) is 4.19. The lowest BCUT2D eigenvalue weighted by molar-refractivity contribution is -0.137. The Morgan fingerprint density at radius 1 is 1.30 bits per heavy atom. The average Bonchev–Trinajstić information content (AvgIpc) is 2.38. The van der Waals surface area contributed by atoms with Crippen LogP contribution >= 0.6 is 0 Å². The fourth-order valence-corrected chi connectivity index (χ4v) is 2.68. The van der Waals surface area contributed by atoms with Crippen LogP contribution in [0.3, 0.4) is 0 Å². The van der Waals surface area contributed by atoms with E-state index in [0.717, 1.165) is 14.2 Å². The molecular formula is C12H18N2O5S. The Morgan fingerprint density at radius 3 is 2.50 bits per heavy atom. The molecule has 8 heteroatoms. The van der Waals surface area contributed by atoms with Crippen molar-refractivity contribution in [1.29, 1.82) is 0 Å². The molecule has 0 spiro atoms. The lowest BCUT2D eigenvalue weighted by Gasteiger charge is -2.23. The van der Waals surface area contributed by atoms with Crippen LogP contribution in [-0.2, 0) is 21.5 Å². The molecule has 0 radical (unpaired) electrons. The fourth-order valence-electron chi connectivity index (χ4n) is 1.62. The molecule has 0 saturated heterocycles. The van der Waals surface area contributed by atoms with Gasteiger partial charge >= 0.3 is 5.97 Å². The van der Waals surface area contributed by atoms with Gasteiger partial charge in [-0.2, -0.15) is 17.0 Å². The number of hydrogen-bond acceptors (Lipinski definition) is 4. The molecule has 0 bridgehead atoms. The van der Waals surface area contributed by atoms with Gasteiger partial charge in [0.2, 0.25) is 0 Å². The van der Waals surface area contributed by atoms with Crippen molar-refractivity contribution < 1.29 is 23.1 Å². The number of rotatable bonds is 7. The largest absolute Gasteiger partial charge is 0.497 e. The molecule has 0 atom stereocenters. The van der Waals surface area contributed by atoms with Gasteiger partial charge in [-0.3, -0.25) is 4.79 Å². The second-order valence-corrected chi connectivity index (χ2v) is 6.41. The summed E-state index contributed by atoms with van der Waals surface area (Å²) in [6.45, 7) is -0.450. The van der Waals surface area contributed by atoms with E-state index in [1.54, 1.807) is 24.3 Å². The van der Waals surface area contributed by atoms with Crippen LogP contribution < -0.4 is 4.74 Å². The van der Waals surface area contributed by atoms with Gasteiger partial charge in [-0.05, 0) is 17.7 Å². The highest BCUT2D eigenvalue weighted by molar-refractivity contribution is 7.86. The Balaban J connectivity index is 2.83. The molecule has 0 aliphatic heterocycles. The number of hydrogen-bond donors (Lipinski definition) is 1. The first-order chi connectivity index (χ1) is 9.27. The molecule has 20 heavy (non-hydrogen) atoms. The van der Waals surface area contributed by atoms with E-state index in [4.69, 9.17) is 9.84 Å². The van der Waals surface area contributed by atoms with Crippen LogP contribution in [0.1, 0.15) is 5.56 Å². The summed E-state index contributed by atoms with van der Waals surface area (Å²) in [5, 5.41) is 8.65.